The topological polar surface area (TPSA) is 72.6 Å². The van der Waals surface area contributed by atoms with E-state index < -0.39 is 12.4 Å². The molecule has 1 heterocycles. The third kappa shape index (κ3) is 6.26. The van der Waals surface area contributed by atoms with Gasteiger partial charge in [0.05, 0.1) is 18.3 Å². The van der Waals surface area contributed by atoms with Crippen LogP contribution < -0.4 is 15.4 Å². The van der Waals surface area contributed by atoms with Crippen molar-refractivity contribution in [1.82, 2.24) is 0 Å². The van der Waals surface area contributed by atoms with Crippen molar-refractivity contribution in [2.45, 2.75) is 56.5 Å². The zero-order valence-corrected chi connectivity index (χ0v) is 18.5. The van der Waals surface area contributed by atoms with Crippen molar-refractivity contribution >= 4 is 29.1 Å². The van der Waals surface area contributed by atoms with E-state index in [1.807, 2.05) is 6.07 Å². The van der Waals surface area contributed by atoms with Gasteiger partial charge in [-0.15, -0.1) is 24.9 Å². The number of ketones is 1. The van der Waals surface area contributed by atoms with Gasteiger partial charge in [0.25, 0.3) is 0 Å². The Morgan fingerprint density at radius 1 is 1.19 bits per heavy atom. The lowest BCUT2D eigenvalue weighted by molar-refractivity contribution is -0.274. The zero-order chi connectivity index (χ0) is 23.3. The average Bonchev–Trinajstić information content (AvgIpc) is 2.86. The van der Waals surface area contributed by atoms with Gasteiger partial charge in [-0.05, 0) is 36.2 Å². The van der Waals surface area contributed by atoms with Crippen LogP contribution in [0.3, 0.4) is 0 Å². The number of fused-ring (bicyclic) bond motifs is 1. The minimum atomic E-state index is -4.77. The molecule has 9 heteroatoms. The number of benzene rings is 2. The van der Waals surface area contributed by atoms with E-state index in [-0.39, 0.29) is 24.0 Å². The van der Waals surface area contributed by atoms with E-state index in [1.165, 1.54) is 40.9 Å². The highest BCUT2D eigenvalue weighted by Crippen LogP contribution is 2.36. The second-order valence-corrected chi connectivity index (χ2v) is 8.66. The number of carbonyl (C=O) groups is 2. The number of thioether (sulfide) groups is 1. The van der Waals surface area contributed by atoms with Crippen molar-refractivity contribution in [3.8, 4) is 5.75 Å². The molecule has 3 rings (SSSR count). The fraction of sp³-hybridized carbons (Fsp3) is 0.391. The molecule has 0 aromatic heterocycles. The molecule has 2 aromatic rings. The Kier molecular flexibility index (Phi) is 7.84. The third-order valence-corrected chi connectivity index (χ3v) is 6.26. The minimum absolute atomic E-state index is 0.0147. The maximum atomic E-state index is 13.0. The Morgan fingerprint density at radius 2 is 1.91 bits per heavy atom. The molecule has 1 aliphatic rings. The molecule has 0 bridgehead atoms. The monoisotopic (exact) mass is 466 g/mol. The molecular weight excluding hydrogens is 441 g/mol. The Labute approximate surface area is 189 Å². The molecule has 0 fully saturated rings. The van der Waals surface area contributed by atoms with Gasteiger partial charge in [0.1, 0.15) is 5.75 Å². The minimum Gasteiger partial charge on any atom is -0.406 e. The van der Waals surface area contributed by atoms with Crippen LogP contribution in [0.15, 0.2) is 47.4 Å². The molecule has 32 heavy (non-hydrogen) atoms. The SMILES string of the molecule is CCCCCC(=O)c1ccc2c(c1)N(Cc1ccc(OC(F)(F)F)cc1)C(=O)[C@@H](N)CS2. The molecule has 0 unspecified atom stereocenters. The maximum Gasteiger partial charge on any atom is 0.573 e. The summed E-state index contributed by atoms with van der Waals surface area (Å²) in [5.74, 6) is -0.232. The Balaban J connectivity index is 1.86. The second-order valence-electron chi connectivity index (χ2n) is 7.60. The van der Waals surface area contributed by atoms with Crippen LogP contribution >= 0.6 is 11.8 Å². The van der Waals surface area contributed by atoms with E-state index in [4.69, 9.17) is 5.73 Å². The number of amides is 1. The Morgan fingerprint density at radius 3 is 2.56 bits per heavy atom. The molecule has 172 valence electrons. The van der Waals surface area contributed by atoms with Crippen LogP contribution in [0.1, 0.15) is 48.5 Å². The summed E-state index contributed by atoms with van der Waals surface area (Å²) in [7, 11) is 0. The molecule has 0 spiro atoms. The zero-order valence-electron chi connectivity index (χ0n) is 17.7. The number of hydrogen-bond donors (Lipinski definition) is 1. The van der Waals surface area contributed by atoms with E-state index >= 15 is 0 Å². The molecular formula is C23H25F3N2O3S. The van der Waals surface area contributed by atoms with Crippen LogP contribution in [0.4, 0.5) is 18.9 Å². The molecule has 1 atom stereocenters. The van der Waals surface area contributed by atoms with Gasteiger partial charge in [0.15, 0.2) is 5.78 Å². The molecule has 0 radical (unpaired) electrons. The summed E-state index contributed by atoms with van der Waals surface area (Å²) in [6, 6.07) is 9.92. The van der Waals surface area contributed by atoms with Crippen LogP contribution in [-0.4, -0.2) is 29.8 Å². The van der Waals surface area contributed by atoms with Gasteiger partial charge in [0.2, 0.25) is 5.91 Å². The normalized spacial score (nSPS) is 16.5. The van der Waals surface area contributed by atoms with Crippen LogP contribution in [0.2, 0.25) is 0 Å². The van der Waals surface area contributed by atoms with Gasteiger partial charge in [-0.2, -0.15) is 0 Å². The summed E-state index contributed by atoms with van der Waals surface area (Å²) in [6.45, 7) is 2.18. The predicted molar refractivity (Wildman–Crippen MR) is 118 cm³/mol. The van der Waals surface area contributed by atoms with Gasteiger partial charge in [0, 0.05) is 22.6 Å². The highest BCUT2D eigenvalue weighted by atomic mass is 32.2. The first-order valence-corrected chi connectivity index (χ1v) is 11.4. The number of hydrogen-bond acceptors (Lipinski definition) is 5. The van der Waals surface area contributed by atoms with Crippen molar-refractivity contribution in [2.75, 3.05) is 10.7 Å². The summed E-state index contributed by atoms with van der Waals surface area (Å²) in [6.07, 6.45) is -1.54. The average molecular weight is 467 g/mol. The second kappa shape index (κ2) is 10.4. The number of carbonyl (C=O) groups excluding carboxylic acids is 2. The van der Waals surface area contributed by atoms with Crippen molar-refractivity contribution < 1.29 is 27.5 Å². The number of halogens is 3. The van der Waals surface area contributed by atoms with E-state index in [0.29, 0.717) is 29.0 Å². The predicted octanol–water partition coefficient (Wildman–Crippen LogP) is 5.31. The lowest BCUT2D eigenvalue weighted by atomic mass is 10.0. The van der Waals surface area contributed by atoms with E-state index in [2.05, 4.69) is 11.7 Å². The summed E-state index contributed by atoms with van der Waals surface area (Å²) < 4.78 is 41.1. The lowest BCUT2D eigenvalue weighted by Gasteiger charge is -2.25. The lowest BCUT2D eigenvalue weighted by Crippen LogP contribution is -2.44. The molecule has 0 saturated carbocycles. The largest absolute Gasteiger partial charge is 0.573 e. The smallest absolute Gasteiger partial charge is 0.406 e. The van der Waals surface area contributed by atoms with Crippen LogP contribution in [-0.2, 0) is 11.3 Å². The van der Waals surface area contributed by atoms with Crippen LogP contribution in [0.5, 0.6) is 5.75 Å². The first kappa shape index (κ1) is 24.1. The highest BCUT2D eigenvalue weighted by Gasteiger charge is 2.31. The number of alkyl halides is 3. The van der Waals surface area contributed by atoms with Crippen molar-refractivity contribution in [2.24, 2.45) is 5.73 Å². The van der Waals surface area contributed by atoms with E-state index in [1.54, 1.807) is 12.1 Å². The van der Waals surface area contributed by atoms with Crippen LogP contribution in [0.25, 0.3) is 0 Å². The molecule has 0 saturated heterocycles. The number of unbranched alkanes of at least 4 members (excludes halogenated alkanes) is 2. The van der Waals surface area contributed by atoms with Gasteiger partial charge in [-0.1, -0.05) is 38.0 Å². The number of nitrogens with zero attached hydrogens (tertiary/aromatic N) is 1. The molecule has 0 aliphatic carbocycles. The van der Waals surface area contributed by atoms with Crippen molar-refractivity contribution in [3.05, 3.63) is 53.6 Å². The summed E-state index contributed by atoms with van der Waals surface area (Å²) in [4.78, 5) is 27.9. The molecule has 2 N–H and O–H groups in total. The molecule has 1 amide bonds. The third-order valence-electron chi connectivity index (χ3n) is 5.08. The van der Waals surface area contributed by atoms with Crippen molar-refractivity contribution in [1.29, 1.82) is 0 Å². The van der Waals surface area contributed by atoms with Gasteiger partial charge < -0.3 is 15.4 Å². The summed E-state index contributed by atoms with van der Waals surface area (Å²) in [5.41, 5.74) is 7.78. The standard InChI is InChI=1S/C23H25F3N2O3S/c1-2-3-4-5-20(29)16-8-11-21-19(12-16)28(22(30)18(27)14-32-21)13-15-6-9-17(10-7-15)31-23(24,25)26/h6-12,18H,2-5,13-14,27H2,1H3/t18-/m0/s1. The number of ether oxygens (including phenoxy) is 1. The number of rotatable bonds is 8. The summed E-state index contributed by atoms with van der Waals surface area (Å²) in [5, 5.41) is 0. The molecule has 1 aliphatic heterocycles. The first-order valence-electron chi connectivity index (χ1n) is 10.4. The fourth-order valence-electron chi connectivity index (χ4n) is 3.42. The van der Waals surface area contributed by atoms with Crippen LogP contribution in [0, 0.1) is 0 Å². The Bertz CT molecular complexity index is 964. The van der Waals surface area contributed by atoms with E-state index in [0.717, 1.165) is 24.2 Å². The number of Topliss-reactive ketones (excluding diaryl/α,β-unsaturated/α-hetero) is 1. The number of nitrogens with two attached hydrogens (primary N) is 1. The van der Waals surface area contributed by atoms with Gasteiger partial charge >= 0.3 is 6.36 Å². The Hall–Kier alpha value is -2.52. The molecule has 2 aromatic carbocycles. The summed E-state index contributed by atoms with van der Waals surface area (Å²) >= 11 is 1.44. The van der Waals surface area contributed by atoms with E-state index in [9.17, 15) is 22.8 Å². The first-order chi connectivity index (χ1) is 15.2. The number of anilines is 1. The van der Waals surface area contributed by atoms with Gasteiger partial charge in [-0.25, -0.2) is 0 Å². The molecule has 5 nitrogen and oxygen atoms in total. The van der Waals surface area contributed by atoms with Gasteiger partial charge in [-0.3, -0.25) is 9.59 Å². The quantitative estimate of drug-likeness (QED) is 0.421. The maximum absolute atomic E-state index is 13.0. The highest BCUT2D eigenvalue weighted by molar-refractivity contribution is 7.99. The van der Waals surface area contributed by atoms with Crippen molar-refractivity contribution in [3.63, 3.8) is 0 Å². The fourth-order valence-corrected chi connectivity index (χ4v) is 4.40.